The molecule has 2 unspecified atom stereocenters. The third kappa shape index (κ3) is 3.53. The Balaban J connectivity index is 2.71. The molecule has 1 aromatic carbocycles. The van der Waals surface area contributed by atoms with Crippen molar-refractivity contribution < 1.29 is 9.53 Å². The molecule has 0 saturated heterocycles. The predicted molar refractivity (Wildman–Crippen MR) is 68.6 cm³/mol. The van der Waals surface area contributed by atoms with Crippen LogP contribution in [0.1, 0.15) is 19.4 Å². The molecular weight excluding hydrogens is 214 g/mol. The summed E-state index contributed by atoms with van der Waals surface area (Å²) in [5.74, 6) is 2.13. The van der Waals surface area contributed by atoms with E-state index in [1.165, 1.54) is 7.11 Å². The molecule has 2 atom stereocenters. The van der Waals surface area contributed by atoms with E-state index in [0.717, 1.165) is 11.3 Å². The van der Waals surface area contributed by atoms with Crippen molar-refractivity contribution in [3.05, 3.63) is 29.8 Å². The molecular formula is C14H17NO2. The zero-order valence-corrected chi connectivity index (χ0v) is 10.4. The number of hydrogen-bond donors (Lipinski definition) is 1. The van der Waals surface area contributed by atoms with Gasteiger partial charge in [-0.1, -0.05) is 12.0 Å². The van der Waals surface area contributed by atoms with Gasteiger partial charge in [0.25, 0.3) is 0 Å². The Kier molecular flexibility index (Phi) is 4.59. The van der Waals surface area contributed by atoms with E-state index in [4.69, 9.17) is 11.2 Å². The van der Waals surface area contributed by atoms with Gasteiger partial charge in [-0.3, -0.25) is 4.79 Å². The van der Waals surface area contributed by atoms with E-state index in [0.29, 0.717) is 0 Å². The first-order valence-corrected chi connectivity index (χ1v) is 5.49. The molecule has 0 aromatic heterocycles. The number of anilines is 1. The lowest BCUT2D eigenvalue weighted by atomic mass is 10.0. The number of benzene rings is 1. The van der Waals surface area contributed by atoms with Gasteiger partial charge in [0.05, 0.1) is 13.0 Å². The van der Waals surface area contributed by atoms with E-state index in [1.54, 1.807) is 0 Å². The minimum absolute atomic E-state index is 0.0181. The second-order valence-corrected chi connectivity index (χ2v) is 3.97. The maximum atomic E-state index is 11.4. The molecule has 17 heavy (non-hydrogen) atoms. The predicted octanol–water partition coefficient (Wildman–Crippen LogP) is 2.28. The summed E-state index contributed by atoms with van der Waals surface area (Å²) < 4.78 is 4.70. The van der Waals surface area contributed by atoms with Gasteiger partial charge in [-0.25, -0.2) is 0 Å². The van der Waals surface area contributed by atoms with Crippen LogP contribution in [-0.2, 0) is 9.53 Å². The lowest BCUT2D eigenvalue weighted by Gasteiger charge is -2.20. The van der Waals surface area contributed by atoms with Crippen LogP contribution in [0.4, 0.5) is 5.69 Å². The van der Waals surface area contributed by atoms with Gasteiger partial charge in [-0.2, -0.15) is 0 Å². The Hall–Kier alpha value is -1.95. The summed E-state index contributed by atoms with van der Waals surface area (Å²) in [5.41, 5.74) is 1.72. The highest BCUT2D eigenvalue weighted by atomic mass is 16.5. The summed E-state index contributed by atoms with van der Waals surface area (Å²) in [4.78, 5) is 11.4. The first kappa shape index (κ1) is 13.1. The molecule has 0 saturated carbocycles. The van der Waals surface area contributed by atoms with Crippen LogP contribution in [0.5, 0.6) is 0 Å². The number of terminal acetylenes is 1. The summed E-state index contributed by atoms with van der Waals surface area (Å²) in [5, 5.41) is 3.24. The fourth-order valence-corrected chi connectivity index (χ4v) is 1.48. The van der Waals surface area contributed by atoms with E-state index in [2.05, 4.69) is 11.2 Å². The Morgan fingerprint density at radius 1 is 1.47 bits per heavy atom. The van der Waals surface area contributed by atoms with Crippen molar-refractivity contribution in [3.8, 4) is 12.3 Å². The van der Waals surface area contributed by atoms with Crippen LogP contribution in [0, 0.1) is 18.3 Å². The van der Waals surface area contributed by atoms with E-state index < -0.39 is 0 Å². The minimum atomic E-state index is -0.224. The molecule has 3 heteroatoms. The second-order valence-electron chi connectivity index (χ2n) is 3.97. The third-order valence-electron chi connectivity index (χ3n) is 2.75. The first-order valence-electron chi connectivity index (χ1n) is 5.49. The van der Waals surface area contributed by atoms with E-state index in [9.17, 15) is 4.79 Å². The minimum Gasteiger partial charge on any atom is -0.469 e. The number of carbonyl (C=O) groups excluding carboxylic acids is 1. The summed E-state index contributed by atoms with van der Waals surface area (Å²) >= 11 is 0. The van der Waals surface area contributed by atoms with Crippen molar-refractivity contribution >= 4 is 11.7 Å². The molecule has 0 aliphatic heterocycles. The van der Waals surface area contributed by atoms with E-state index in [1.807, 2.05) is 38.1 Å². The lowest BCUT2D eigenvalue weighted by Crippen LogP contribution is -2.30. The number of hydrogen-bond acceptors (Lipinski definition) is 3. The van der Waals surface area contributed by atoms with Gasteiger partial charge < -0.3 is 10.1 Å². The zero-order valence-electron chi connectivity index (χ0n) is 10.4. The maximum absolute atomic E-state index is 11.4. The summed E-state index contributed by atoms with van der Waals surface area (Å²) in [7, 11) is 1.39. The summed E-state index contributed by atoms with van der Waals surface area (Å²) in [6.07, 6.45) is 5.33. The van der Waals surface area contributed by atoms with Gasteiger partial charge in [-0.05, 0) is 32.0 Å². The molecule has 0 radical (unpaired) electrons. The fourth-order valence-electron chi connectivity index (χ4n) is 1.48. The first-order chi connectivity index (χ1) is 8.08. The topological polar surface area (TPSA) is 38.3 Å². The van der Waals surface area contributed by atoms with Crippen molar-refractivity contribution in [1.82, 2.24) is 0 Å². The Bertz CT molecular complexity index is 434. The van der Waals surface area contributed by atoms with Crippen molar-refractivity contribution in [2.75, 3.05) is 12.4 Å². The van der Waals surface area contributed by atoms with E-state index >= 15 is 0 Å². The van der Waals surface area contributed by atoms with Crippen molar-refractivity contribution in [3.63, 3.8) is 0 Å². The fraction of sp³-hybridized carbons (Fsp3) is 0.357. The molecule has 90 valence electrons. The van der Waals surface area contributed by atoms with Crippen molar-refractivity contribution in [2.24, 2.45) is 5.92 Å². The SMILES string of the molecule is C#Cc1cccc(NC(C)C(C)C(=O)OC)c1. The summed E-state index contributed by atoms with van der Waals surface area (Å²) in [6, 6.07) is 7.52. The van der Waals surface area contributed by atoms with Crippen LogP contribution < -0.4 is 5.32 Å². The third-order valence-corrected chi connectivity index (χ3v) is 2.75. The summed E-state index contributed by atoms with van der Waals surface area (Å²) in [6.45, 7) is 3.76. The van der Waals surface area contributed by atoms with Crippen LogP contribution in [0.3, 0.4) is 0 Å². The Morgan fingerprint density at radius 2 is 2.18 bits per heavy atom. The number of ether oxygens (including phenoxy) is 1. The van der Waals surface area contributed by atoms with Gasteiger partial charge in [0, 0.05) is 17.3 Å². The number of carbonyl (C=O) groups is 1. The smallest absolute Gasteiger partial charge is 0.310 e. The Labute approximate surface area is 102 Å². The average molecular weight is 231 g/mol. The average Bonchev–Trinajstić information content (AvgIpc) is 2.37. The molecule has 3 nitrogen and oxygen atoms in total. The van der Waals surface area contributed by atoms with Crippen LogP contribution in [-0.4, -0.2) is 19.1 Å². The number of esters is 1. The van der Waals surface area contributed by atoms with Gasteiger partial charge >= 0.3 is 5.97 Å². The lowest BCUT2D eigenvalue weighted by molar-refractivity contribution is -0.145. The van der Waals surface area contributed by atoms with Crippen molar-refractivity contribution in [2.45, 2.75) is 19.9 Å². The highest BCUT2D eigenvalue weighted by Gasteiger charge is 2.20. The Morgan fingerprint density at radius 3 is 2.76 bits per heavy atom. The molecule has 0 aliphatic carbocycles. The second kappa shape index (κ2) is 5.95. The van der Waals surface area contributed by atoms with Gasteiger partial charge in [-0.15, -0.1) is 6.42 Å². The molecule has 0 spiro atoms. The molecule has 1 rings (SSSR count). The van der Waals surface area contributed by atoms with E-state index in [-0.39, 0.29) is 17.9 Å². The monoisotopic (exact) mass is 231 g/mol. The molecule has 0 amide bonds. The molecule has 1 N–H and O–H groups in total. The van der Waals surface area contributed by atoms with Crippen LogP contribution in [0.2, 0.25) is 0 Å². The maximum Gasteiger partial charge on any atom is 0.310 e. The number of nitrogens with one attached hydrogen (secondary N) is 1. The molecule has 1 aromatic rings. The van der Waals surface area contributed by atoms with Gasteiger partial charge in [0.2, 0.25) is 0 Å². The number of methoxy groups -OCH3 is 1. The molecule has 0 bridgehead atoms. The molecule has 0 fully saturated rings. The molecule has 0 heterocycles. The quantitative estimate of drug-likeness (QED) is 0.638. The highest BCUT2D eigenvalue weighted by Crippen LogP contribution is 2.15. The van der Waals surface area contributed by atoms with Crippen LogP contribution in [0.25, 0.3) is 0 Å². The number of rotatable bonds is 4. The molecule has 0 aliphatic rings. The van der Waals surface area contributed by atoms with Crippen molar-refractivity contribution in [1.29, 1.82) is 0 Å². The normalized spacial score (nSPS) is 13.3. The van der Waals surface area contributed by atoms with Crippen LogP contribution >= 0.6 is 0 Å². The highest BCUT2D eigenvalue weighted by molar-refractivity contribution is 5.73. The van der Waals surface area contributed by atoms with Gasteiger partial charge in [0.1, 0.15) is 0 Å². The van der Waals surface area contributed by atoms with Gasteiger partial charge in [0.15, 0.2) is 0 Å². The zero-order chi connectivity index (χ0) is 12.8. The largest absolute Gasteiger partial charge is 0.469 e. The standard InChI is InChI=1S/C14H17NO2/c1-5-12-7-6-8-13(9-12)15-11(3)10(2)14(16)17-4/h1,6-11,15H,2-4H3. The van der Waals surface area contributed by atoms with Crippen LogP contribution in [0.15, 0.2) is 24.3 Å².